The summed E-state index contributed by atoms with van der Waals surface area (Å²) in [6, 6.07) is 15.2. The fraction of sp³-hybridized carbons (Fsp3) is 0.345. The van der Waals surface area contributed by atoms with Crippen LogP contribution in [0.1, 0.15) is 59.9 Å². The van der Waals surface area contributed by atoms with E-state index in [9.17, 15) is 9.59 Å². The van der Waals surface area contributed by atoms with Crippen molar-refractivity contribution < 1.29 is 14.3 Å². The third-order valence-electron chi connectivity index (χ3n) is 7.81. The van der Waals surface area contributed by atoms with Gasteiger partial charge >= 0.3 is 0 Å². The van der Waals surface area contributed by atoms with Crippen LogP contribution in [0.15, 0.2) is 48.5 Å². The normalized spacial score (nSPS) is 17.5. The van der Waals surface area contributed by atoms with E-state index in [0.29, 0.717) is 42.5 Å². The Hall–Kier alpha value is -4.47. The number of carbonyl (C=O) groups is 2. The highest BCUT2D eigenvalue weighted by molar-refractivity contribution is 6.08. The van der Waals surface area contributed by atoms with Crippen molar-refractivity contribution in [3.63, 3.8) is 0 Å². The number of anilines is 2. The molecule has 0 spiro atoms. The van der Waals surface area contributed by atoms with Gasteiger partial charge in [-0.05, 0) is 80.6 Å². The van der Waals surface area contributed by atoms with Crippen LogP contribution in [0.2, 0.25) is 0 Å². The van der Waals surface area contributed by atoms with Gasteiger partial charge in [-0.2, -0.15) is 10.2 Å². The van der Waals surface area contributed by atoms with Crippen LogP contribution in [0.3, 0.4) is 0 Å². The van der Waals surface area contributed by atoms with Crippen LogP contribution in [0.25, 0.3) is 17.2 Å². The molecular formula is C29H29N7O3. The van der Waals surface area contributed by atoms with Crippen molar-refractivity contribution in [3.8, 4) is 23.0 Å². The molecule has 0 radical (unpaired) electrons. The van der Waals surface area contributed by atoms with Crippen LogP contribution in [-0.4, -0.2) is 57.0 Å². The van der Waals surface area contributed by atoms with Gasteiger partial charge in [-0.3, -0.25) is 14.7 Å². The van der Waals surface area contributed by atoms with Crippen molar-refractivity contribution in [1.29, 1.82) is 0 Å². The standard InChI is InChI=1S/C29H29N7O3/c1-39-22-13-11-21(12-14-22)36-26-23(25(33-36)28-30-27(31-32-28)18-5-6-18)15-17-35(29(26)38)20-9-7-19(8-10-20)34-16-3-2-4-24(34)37/h7-14,18H,2-6,15-17H2,1H3,(H,30,31,32). The third kappa shape index (κ3) is 4.16. The summed E-state index contributed by atoms with van der Waals surface area (Å²) in [6.07, 6.45) is 5.38. The van der Waals surface area contributed by atoms with Crippen LogP contribution in [0.4, 0.5) is 11.4 Å². The molecule has 2 aromatic heterocycles. The van der Waals surface area contributed by atoms with Crippen LogP contribution < -0.4 is 14.5 Å². The van der Waals surface area contributed by atoms with Gasteiger partial charge in [-0.1, -0.05) is 0 Å². The Balaban J connectivity index is 1.26. The lowest BCUT2D eigenvalue weighted by atomic mass is 10.0. The molecule has 1 N–H and O–H groups in total. The molecule has 3 aliphatic rings. The SMILES string of the molecule is COc1ccc(-n2nc(-c3n[nH]c(C4CC4)n3)c3c2C(=O)N(c2ccc(N4CCCCC4=O)cc2)CC3)cc1. The summed E-state index contributed by atoms with van der Waals surface area (Å²) < 4.78 is 7.03. The number of hydrogen-bond acceptors (Lipinski definition) is 6. The minimum atomic E-state index is -0.134. The van der Waals surface area contributed by atoms with E-state index in [0.717, 1.165) is 66.4 Å². The first-order valence-corrected chi connectivity index (χ1v) is 13.5. The molecule has 1 saturated heterocycles. The largest absolute Gasteiger partial charge is 0.497 e. The minimum absolute atomic E-state index is 0.134. The maximum Gasteiger partial charge on any atom is 0.277 e. The summed E-state index contributed by atoms with van der Waals surface area (Å²) >= 11 is 0. The molecule has 2 aliphatic heterocycles. The molecule has 39 heavy (non-hydrogen) atoms. The molecule has 2 aromatic carbocycles. The second-order valence-electron chi connectivity index (χ2n) is 10.3. The highest BCUT2D eigenvalue weighted by Gasteiger charge is 2.35. The molecule has 10 heteroatoms. The van der Waals surface area contributed by atoms with E-state index in [1.54, 1.807) is 16.7 Å². The number of nitrogens with zero attached hydrogens (tertiary/aromatic N) is 6. The van der Waals surface area contributed by atoms with Crippen LogP contribution in [0.5, 0.6) is 5.75 Å². The van der Waals surface area contributed by atoms with Gasteiger partial charge < -0.3 is 14.5 Å². The number of nitrogens with one attached hydrogen (secondary N) is 1. The second-order valence-corrected chi connectivity index (χ2v) is 10.3. The lowest BCUT2D eigenvalue weighted by molar-refractivity contribution is -0.119. The first kappa shape index (κ1) is 23.6. The number of amides is 2. The van der Waals surface area contributed by atoms with E-state index in [2.05, 4.69) is 10.2 Å². The predicted octanol–water partition coefficient (Wildman–Crippen LogP) is 4.26. The minimum Gasteiger partial charge on any atom is -0.497 e. The number of benzene rings is 2. The van der Waals surface area contributed by atoms with Crippen LogP contribution in [0, 0.1) is 0 Å². The average molecular weight is 524 g/mol. The Kier molecular flexibility index (Phi) is 5.68. The summed E-state index contributed by atoms with van der Waals surface area (Å²) in [5.74, 6) is 2.59. The molecule has 0 unspecified atom stereocenters. The summed E-state index contributed by atoms with van der Waals surface area (Å²) in [5.41, 5.74) is 4.41. The van der Waals surface area contributed by atoms with E-state index in [1.165, 1.54) is 0 Å². The zero-order valence-electron chi connectivity index (χ0n) is 21.8. The Labute approximate surface area is 225 Å². The molecule has 10 nitrogen and oxygen atoms in total. The summed E-state index contributed by atoms with van der Waals surface area (Å²) in [5, 5.41) is 12.4. The van der Waals surface area contributed by atoms with Gasteiger partial charge in [0.15, 0.2) is 0 Å². The van der Waals surface area contributed by atoms with Gasteiger partial charge in [-0.15, -0.1) is 0 Å². The first-order chi connectivity index (χ1) is 19.1. The molecular weight excluding hydrogens is 494 g/mol. The molecule has 1 saturated carbocycles. The molecule has 1 aliphatic carbocycles. The number of aromatic nitrogens is 5. The van der Waals surface area contributed by atoms with E-state index in [1.807, 2.05) is 53.4 Å². The van der Waals surface area contributed by atoms with E-state index < -0.39 is 0 Å². The number of methoxy groups -OCH3 is 1. The lowest BCUT2D eigenvalue weighted by Gasteiger charge is -2.29. The zero-order valence-corrected chi connectivity index (χ0v) is 21.8. The number of piperidine rings is 1. The van der Waals surface area contributed by atoms with Crippen LogP contribution >= 0.6 is 0 Å². The van der Waals surface area contributed by atoms with Gasteiger partial charge in [0, 0.05) is 42.4 Å². The second kappa shape index (κ2) is 9.37. The van der Waals surface area contributed by atoms with Crippen molar-refractivity contribution in [2.75, 3.05) is 30.0 Å². The third-order valence-corrected chi connectivity index (χ3v) is 7.81. The molecule has 0 bridgehead atoms. The molecule has 2 fully saturated rings. The van der Waals surface area contributed by atoms with Crippen molar-refractivity contribution >= 4 is 23.2 Å². The maximum absolute atomic E-state index is 14.1. The Bertz CT molecular complexity index is 1550. The first-order valence-electron chi connectivity index (χ1n) is 13.5. The molecule has 0 atom stereocenters. The zero-order chi connectivity index (χ0) is 26.5. The molecule has 4 aromatic rings. The monoisotopic (exact) mass is 523 g/mol. The summed E-state index contributed by atoms with van der Waals surface area (Å²) in [4.78, 5) is 34.8. The summed E-state index contributed by atoms with van der Waals surface area (Å²) in [7, 11) is 1.62. The molecule has 4 heterocycles. The highest BCUT2D eigenvalue weighted by atomic mass is 16.5. The molecule has 198 valence electrons. The van der Waals surface area contributed by atoms with Crippen molar-refractivity contribution in [2.24, 2.45) is 0 Å². The van der Waals surface area contributed by atoms with E-state index in [-0.39, 0.29) is 11.8 Å². The quantitative estimate of drug-likeness (QED) is 0.404. The van der Waals surface area contributed by atoms with E-state index in [4.69, 9.17) is 14.8 Å². The average Bonchev–Trinajstić information content (AvgIpc) is 3.57. The number of carbonyl (C=O) groups excluding carboxylic acids is 2. The van der Waals surface area contributed by atoms with Crippen molar-refractivity contribution in [1.82, 2.24) is 25.0 Å². The number of rotatable bonds is 6. The van der Waals surface area contributed by atoms with Gasteiger partial charge in [0.1, 0.15) is 23.0 Å². The van der Waals surface area contributed by atoms with Gasteiger partial charge in [-0.25, -0.2) is 9.67 Å². The lowest BCUT2D eigenvalue weighted by Crippen LogP contribution is -2.39. The Morgan fingerprint density at radius 2 is 1.59 bits per heavy atom. The molecule has 7 rings (SSSR count). The van der Waals surface area contributed by atoms with Crippen molar-refractivity contribution in [2.45, 2.75) is 44.4 Å². The maximum atomic E-state index is 14.1. The molecule has 2 amide bonds. The number of H-pyrrole nitrogens is 1. The number of aromatic amines is 1. The van der Waals surface area contributed by atoms with Gasteiger partial charge in [0.25, 0.3) is 5.91 Å². The van der Waals surface area contributed by atoms with Crippen LogP contribution in [-0.2, 0) is 11.2 Å². The predicted molar refractivity (Wildman–Crippen MR) is 145 cm³/mol. The topological polar surface area (TPSA) is 109 Å². The Morgan fingerprint density at radius 3 is 2.28 bits per heavy atom. The Morgan fingerprint density at radius 1 is 0.872 bits per heavy atom. The van der Waals surface area contributed by atoms with Gasteiger partial charge in [0.05, 0.1) is 12.8 Å². The highest BCUT2D eigenvalue weighted by Crippen LogP contribution is 2.39. The fourth-order valence-corrected chi connectivity index (χ4v) is 5.51. The fourth-order valence-electron chi connectivity index (χ4n) is 5.51. The number of ether oxygens (including phenoxy) is 1. The van der Waals surface area contributed by atoms with E-state index >= 15 is 0 Å². The van der Waals surface area contributed by atoms with Crippen molar-refractivity contribution in [3.05, 3.63) is 65.6 Å². The summed E-state index contributed by atoms with van der Waals surface area (Å²) in [6.45, 7) is 1.24. The number of hydrogen-bond donors (Lipinski definition) is 1. The van der Waals surface area contributed by atoms with Gasteiger partial charge in [0.2, 0.25) is 11.7 Å². The smallest absolute Gasteiger partial charge is 0.277 e. The number of fused-ring (bicyclic) bond motifs is 1.